The lowest BCUT2D eigenvalue weighted by Crippen LogP contribution is -2.49. The number of rotatable bonds is 7. The van der Waals surface area contributed by atoms with Gasteiger partial charge in [0.05, 0.1) is 10.6 Å². The fraction of sp³-hybridized carbons (Fsp3) is 0.545. The van der Waals surface area contributed by atoms with Crippen LogP contribution in [-0.2, 0) is 4.79 Å². The van der Waals surface area contributed by atoms with Crippen molar-refractivity contribution < 1.29 is 4.79 Å². The van der Waals surface area contributed by atoms with Gasteiger partial charge in [0.25, 0.3) is 0 Å². The van der Waals surface area contributed by atoms with Crippen LogP contribution in [0, 0.1) is 0 Å². The highest BCUT2D eigenvalue weighted by Crippen LogP contribution is 2.17. The van der Waals surface area contributed by atoms with Crippen molar-refractivity contribution in [2.75, 3.05) is 5.75 Å². The first-order valence-corrected chi connectivity index (χ1v) is 6.48. The van der Waals surface area contributed by atoms with Crippen LogP contribution in [0.3, 0.4) is 0 Å². The zero-order valence-corrected chi connectivity index (χ0v) is 10.7. The van der Waals surface area contributed by atoms with E-state index in [4.69, 9.17) is 11.5 Å². The van der Waals surface area contributed by atoms with E-state index in [-0.39, 0.29) is 0 Å². The molecule has 4 N–H and O–H groups in total. The molecule has 6 heteroatoms. The molecule has 0 radical (unpaired) electrons. The number of carbonyl (C=O) groups excluding carboxylic acids is 1. The lowest BCUT2D eigenvalue weighted by atomic mass is 9.96. The molecule has 0 saturated heterocycles. The lowest BCUT2D eigenvalue weighted by Gasteiger charge is -2.19. The smallest absolute Gasteiger partial charge is 0.237 e. The maximum absolute atomic E-state index is 11.0. The van der Waals surface area contributed by atoms with Crippen LogP contribution >= 0.6 is 11.8 Å². The van der Waals surface area contributed by atoms with Crippen LogP contribution < -0.4 is 11.5 Å². The van der Waals surface area contributed by atoms with Crippen molar-refractivity contribution in [1.82, 2.24) is 9.97 Å². The van der Waals surface area contributed by atoms with E-state index in [1.807, 2.05) is 6.07 Å². The van der Waals surface area contributed by atoms with E-state index in [0.29, 0.717) is 6.42 Å². The zero-order valence-electron chi connectivity index (χ0n) is 9.93. The van der Waals surface area contributed by atoms with E-state index in [1.54, 1.807) is 24.9 Å². The standard InChI is InChI=1S/C11H18N4OS/c1-11(13,10(12)16)5-2-3-7-17-9-4-6-14-8-15-9/h4,6,8H,2-3,5,7,13H2,1H3,(H2,12,16). The summed E-state index contributed by atoms with van der Waals surface area (Å²) >= 11 is 1.67. The topological polar surface area (TPSA) is 94.9 Å². The average Bonchev–Trinajstić information content (AvgIpc) is 2.29. The number of nitrogens with two attached hydrogens (primary N) is 2. The van der Waals surface area contributed by atoms with Gasteiger partial charge in [0.2, 0.25) is 5.91 Å². The molecule has 1 amide bonds. The van der Waals surface area contributed by atoms with Gasteiger partial charge in [-0.15, -0.1) is 11.8 Å². The SMILES string of the molecule is CC(N)(CCCCSc1ccncn1)C(N)=O. The highest BCUT2D eigenvalue weighted by atomic mass is 32.2. The van der Waals surface area contributed by atoms with Crippen molar-refractivity contribution in [3.63, 3.8) is 0 Å². The summed E-state index contributed by atoms with van der Waals surface area (Å²) in [6, 6.07) is 1.88. The van der Waals surface area contributed by atoms with E-state index in [0.717, 1.165) is 23.6 Å². The van der Waals surface area contributed by atoms with Gasteiger partial charge in [-0.25, -0.2) is 9.97 Å². The van der Waals surface area contributed by atoms with Crippen LogP contribution in [0.1, 0.15) is 26.2 Å². The molecule has 1 atom stereocenters. The largest absolute Gasteiger partial charge is 0.368 e. The van der Waals surface area contributed by atoms with Crippen LogP contribution in [0.25, 0.3) is 0 Å². The molecule has 1 aromatic heterocycles. The van der Waals surface area contributed by atoms with Gasteiger partial charge in [0, 0.05) is 6.20 Å². The number of carbonyl (C=O) groups is 1. The molecule has 1 unspecified atom stereocenters. The third-order valence-corrected chi connectivity index (χ3v) is 3.49. The zero-order chi connectivity index (χ0) is 12.7. The van der Waals surface area contributed by atoms with Crippen LogP contribution in [0.15, 0.2) is 23.6 Å². The number of thioether (sulfide) groups is 1. The Balaban J connectivity index is 2.15. The molecule has 0 aliphatic heterocycles. The van der Waals surface area contributed by atoms with Crippen molar-refractivity contribution in [1.29, 1.82) is 0 Å². The summed E-state index contributed by atoms with van der Waals surface area (Å²) in [6.07, 6.45) is 5.74. The van der Waals surface area contributed by atoms with Crippen molar-refractivity contribution in [3.8, 4) is 0 Å². The van der Waals surface area contributed by atoms with Gasteiger partial charge in [-0.2, -0.15) is 0 Å². The third kappa shape index (κ3) is 5.14. The minimum Gasteiger partial charge on any atom is -0.368 e. The molecule has 0 fully saturated rings. The fourth-order valence-electron chi connectivity index (χ4n) is 1.26. The molecule has 1 rings (SSSR count). The second kappa shape index (κ2) is 6.56. The van der Waals surface area contributed by atoms with Gasteiger partial charge in [-0.05, 0) is 31.6 Å². The quantitative estimate of drug-likeness (QED) is 0.429. The Bertz CT molecular complexity index is 356. The number of primary amides is 1. The van der Waals surface area contributed by atoms with Crippen LogP contribution in [0.5, 0.6) is 0 Å². The lowest BCUT2D eigenvalue weighted by molar-refractivity contribution is -0.122. The van der Waals surface area contributed by atoms with Gasteiger partial charge in [0.1, 0.15) is 6.33 Å². The van der Waals surface area contributed by atoms with Crippen molar-refractivity contribution in [2.45, 2.75) is 36.8 Å². The third-order valence-electron chi connectivity index (χ3n) is 2.46. The van der Waals surface area contributed by atoms with Crippen LogP contribution in [0.2, 0.25) is 0 Å². The molecule has 5 nitrogen and oxygen atoms in total. The van der Waals surface area contributed by atoms with Crippen molar-refractivity contribution >= 4 is 17.7 Å². The molecule has 1 aromatic rings. The van der Waals surface area contributed by atoms with E-state index in [2.05, 4.69) is 9.97 Å². The predicted molar refractivity (Wildman–Crippen MR) is 68.4 cm³/mol. The normalized spacial score (nSPS) is 14.2. The van der Waals surface area contributed by atoms with E-state index in [9.17, 15) is 4.79 Å². The van der Waals surface area contributed by atoms with Crippen molar-refractivity contribution in [3.05, 3.63) is 18.6 Å². The second-order valence-electron chi connectivity index (χ2n) is 4.13. The molecule has 0 aliphatic carbocycles. The summed E-state index contributed by atoms with van der Waals surface area (Å²) in [4.78, 5) is 18.9. The molecule has 0 aliphatic rings. The highest BCUT2D eigenvalue weighted by Gasteiger charge is 2.24. The Morgan fingerprint density at radius 3 is 2.88 bits per heavy atom. The average molecular weight is 254 g/mol. The number of amides is 1. The van der Waals surface area contributed by atoms with E-state index >= 15 is 0 Å². The molecule has 1 heterocycles. The van der Waals surface area contributed by atoms with E-state index in [1.165, 1.54) is 6.33 Å². The summed E-state index contributed by atoms with van der Waals surface area (Å²) in [6.45, 7) is 1.67. The van der Waals surface area contributed by atoms with Gasteiger partial charge >= 0.3 is 0 Å². The Kier molecular flexibility index (Phi) is 5.37. The second-order valence-corrected chi connectivity index (χ2v) is 5.25. The number of hydrogen-bond acceptors (Lipinski definition) is 5. The molecular formula is C11H18N4OS. The summed E-state index contributed by atoms with van der Waals surface area (Å²) in [5.41, 5.74) is 10.1. The Morgan fingerprint density at radius 2 is 2.29 bits per heavy atom. The summed E-state index contributed by atoms with van der Waals surface area (Å²) < 4.78 is 0. The summed E-state index contributed by atoms with van der Waals surface area (Å²) in [5, 5.41) is 0.963. The molecule has 0 spiro atoms. The number of hydrogen-bond donors (Lipinski definition) is 2. The van der Waals surface area contributed by atoms with Crippen LogP contribution in [-0.4, -0.2) is 27.2 Å². The highest BCUT2D eigenvalue weighted by molar-refractivity contribution is 7.99. The van der Waals surface area contributed by atoms with Gasteiger partial charge < -0.3 is 11.5 Å². The molecular weight excluding hydrogens is 236 g/mol. The molecule has 0 saturated carbocycles. The number of nitrogens with zero attached hydrogens (tertiary/aromatic N) is 2. The first-order valence-electron chi connectivity index (χ1n) is 5.50. The van der Waals surface area contributed by atoms with Gasteiger partial charge in [-0.1, -0.05) is 6.42 Å². The van der Waals surface area contributed by atoms with Gasteiger partial charge in [-0.3, -0.25) is 4.79 Å². The minimum absolute atomic E-state index is 0.444. The summed E-state index contributed by atoms with van der Waals surface area (Å²) in [7, 11) is 0. The first-order chi connectivity index (χ1) is 8.02. The molecule has 0 bridgehead atoms. The Morgan fingerprint density at radius 1 is 1.53 bits per heavy atom. The molecule has 94 valence electrons. The first kappa shape index (κ1) is 13.9. The van der Waals surface area contributed by atoms with E-state index < -0.39 is 11.4 Å². The fourth-order valence-corrected chi connectivity index (χ4v) is 2.09. The van der Waals surface area contributed by atoms with Crippen LogP contribution in [0.4, 0.5) is 0 Å². The minimum atomic E-state index is -0.889. The number of aromatic nitrogens is 2. The Labute approximate surface area is 105 Å². The molecule has 17 heavy (non-hydrogen) atoms. The predicted octanol–water partition coefficient (Wildman–Crippen LogP) is 0.942. The van der Waals surface area contributed by atoms with Gasteiger partial charge in [0.15, 0.2) is 0 Å². The number of unbranched alkanes of at least 4 members (excludes halogenated alkanes) is 1. The molecule has 0 aromatic carbocycles. The maximum atomic E-state index is 11.0. The summed E-state index contributed by atoms with van der Waals surface area (Å²) in [5.74, 6) is 0.507. The monoisotopic (exact) mass is 254 g/mol. The Hall–Kier alpha value is -1.14. The maximum Gasteiger partial charge on any atom is 0.237 e. The van der Waals surface area contributed by atoms with Crippen molar-refractivity contribution in [2.24, 2.45) is 11.5 Å².